The van der Waals surface area contributed by atoms with Crippen LogP contribution in [0.4, 0.5) is 5.69 Å². The molecule has 0 atom stereocenters. The van der Waals surface area contributed by atoms with Gasteiger partial charge in [0.15, 0.2) is 0 Å². The molecule has 4 heteroatoms. The molecule has 1 saturated heterocycles. The number of nitrogens with one attached hydrogen (secondary N) is 1. The van der Waals surface area contributed by atoms with Crippen molar-refractivity contribution in [3.8, 4) is 0 Å². The summed E-state index contributed by atoms with van der Waals surface area (Å²) in [5.41, 5.74) is 2.49. The first kappa shape index (κ1) is 15.6. The average Bonchev–Trinajstić information content (AvgIpc) is 2.45. The average molecular weight is 297 g/mol. The van der Waals surface area contributed by atoms with Crippen molar-refractivity contribution in [2.24, 2.45) is 5.92 Å². The lowest BCUT2D eigenvalue weighted by molar-refractivity contribution is 0.199. The van der Waals surface area contributed by atoms with Crippen molar-refractivity contribution in [3.05, 3.63) is 28.8 Å². The summed E-state index contributed by atoms with van der Waals surface area (Å²) in [5.74, 6) is 0.831. The van der Waals surface area contributed by atoms with Crippen LogP contribution in [-0.2, 0) is 11.3 Å². The molecule has 0 radical (unpaired) electrons. The first-order chi connectivity index (χ1) is 9.72. The molecular weight excluding hydrogens is 272 g/mol. The smallest absolute Gasteiger partial charge is 0.0642 e. The van der Waals surface area contributed by atoms with Crippen LogP contribution in [0.2, 0.25) is 5.02 Å². The van der Waals surface area contributed by atoms with E-state index in [1.165, 1.54) is 24.1 Å². The number of piperidine rings is 1. The first-order valence-corrected chi connectivity index (χ1v) is 7.82. The molecular formula is C16H25ClN2O. The van der Waals surface area contributed by atoms with Gasteiger partial charge >= 0.3 is 0 Å². The Morgan fingerprint density at radius 3 is 2.80 bits per heavy atom. The third-order valence-corrected chi connectivity index (χ3v) is 4.27. The molecule has 1 N–H and O–H groups in total. The molecule has 1 aromatic rings. The highest BCUT2D eigenvalue weighted by Gasteiger charge is 2.20. The van der Waals surface area contributed by atoms with Crippen molar-refractivity contribution in [2.75, 3.05) is 38.3 Å². The van der Waals surface area contributed by atoms with Crippen molar-refractivity contribution in [1.82, 2.24) is 5.32 Å². The normalized spacial score (nSPS) is 16.6. The zero-order chi connectivity index (χ0) is 14.4. The van der Waals surface area contributed by atoms with E-state index in [2.05, 4.69) is 23.2 Å². The third kappa shape index (κ3) is 4.11. The largest absolute Gasteiger partial charge is 0.383 e. The Hall–Kier alpha value is -0.770. The molecule has 20 heavy (non-hydrogen) atoms. The second-order valence-corrected chi connectivity index (χ2v) is 5.99. The molecule has 3 nitrogen and oxygen atoms in total. The monoisotopic (exact) mass is 296 g/mol. The first-order valence-electron chi connectivity index (χ1n) is 7.44. The second-order valence-electron chi connectivity index (χ2n) is 5.59. The van der Waals surface area contributed by atoms with E-state index in [4.69, 9.17) is 16.3 Å². The standard InChI is InChI=1S/C16H25ClN2O/c1-13-6-9-19(10-7-13)16-14(4-3-5-15(16)17)12-18-8-11-20-2/h3-5,13,18H,6-12H2,1-2H3. The number of hydrogen-bond acceptors (Lipinski definition) is 3. The van der Waals surface area contributed by atoms with E-state index in [0.717, 1.165) is 43.7 Å². The van der Waals surface area contributed by atoms with E-state index in [-0.39, 0.29) is 0 Å². The number of benzene rings is 1. The van der Waals surface area contributed by atoms with Crippen molar-refractivity contribution < 1.29 is 4.74 Å². The van der Waals surface area contributed by atoms with Crippen LogP contribution in [0.5, 0.6) is 0 Å². The van der Waals surface area contributed by atoms with Gasteiger partial charge in [0.2, 0.25) is 0 Å². The number of ether oxygens (including phenoxy) is 1. The lowest BCUT2D eigenvalue weighted by Crippen LogP contribution is -2.34. The molecule has 0 saturated carbocycles. The molecule has 1 fully saturated rings. The predicted octanol–water partition coefficient (Wildman–Crippen LogP) is 3.31. The molecule has 1 aliphatic heterocycles. The molecule has 1 aromatic carbocycles. The van der Waals surface area contributed by atoms with Gasteiger partial charge in [-0.05, 0) is 30.4 Å². The summed E-state index contributed by atoms with van der Waals surface area (Å²) in [5, 5.41) is 4.27. The van der Waals surface area contributed by atoms with E-state index in [0.29, 0.717) is 0 Å². The zero-order valence-corrected chi connectivity index (χ0v) is 13.2. The predicted molar refractivity (Wildman–Crippen MR) is 85.6 cm³/mol. The topological polar surface area (TPSA) is 24.5 Å². The number of methoxy groups -OCH3 is 1. The van der Waals surface area contributed by atoms with Crippen LogP contribution in [-0.4, -0.2) is 33.4 Å². The number of para-hydroxylation sites is 1. The molecule has 1 aliphatic rings. The minimum absolute atomic E-state index is 0.733. The van der Waals surface area contributed by atoms with Gasteiger partial charge in [0.25, 0.3) is 0 Å². The molecule has 0 amide bonds. The van der Waals surface area contributed by atoms with Crippen LogP contribution >= 0.6 is 11.6 Å². The zero-order valence-electron chi connectivity index (χ0n) is 12.5. The summed E-state index contributed by atoms with van der Waals surface area (Å²) in [6.45, 7) is 6.98. The second kappa shape index (κ2) is 7.87. The Balaban J connectivity index is 2.06. The maximum atomic E-state index is 6.45. The van der Waals surface area contributed by atoms with Crippen molar-refractivity contribution in [1.29, 1.82) is 0 Å². The number of halogens is 1. The highest BCUT2D eigenvalue weighted by molar-refractivity contribution is 6.33. The molecule has 0 aromatic heterocycles. The molecule has 0 aliphatic carbocycles. The van der Waals surface area contributed by atoms with E-state index < -0.39 is 0 Å². The fourth-order valence-electron chi connectivity index (χ4n) is 2.69. The Labute approximate surface area is 127 Å². The van der Waals surface area contributed by atoms with Crippen LogP contribution in [0.3, 0.4) is 0 Å². The lowest BCUT2D eigenvalue weighted by atomic mass is 9.98. The maximum absolute atomic E-state index is 6.45. The van der Waals surface area contributed by atoms with E-state index >= 15 is 0 Å². The molecule has 0 spiro atoms. The highest BCUT2D eigenvalue weighted by Crippen LogP contribution is 2.32. The van der Waals surface area contributed by atoms with Gasteiger partial charge in [-0.25, -0.2) is 0 Å². The van der Waals surface area contributed by atoms with E-state index in [9.17, 15) is 0 Å². The Kier molecular flexibility index (Phi) is 6.14. The van der Waals surface area contributed by atoms with Gasteiger partial charge in [-0.3, -0.25) is 0 Å². The van der Waals surface area contributed by atoms with Gasteiger partial charge in [-0.1, -0.05) is 30.7 Å². The number of nitrogens with zero attached hydrogens (tertiary/aromatic N) is 1. The van der Waals surface area contributed by atoms with Gasteiger partial charge < -0.3 is 15.0 Å². The number of hydrogen-bond donors (Lipinski definition) is 1. The Bertz CT molecular complexity index is 417. The summed E-state index contributed by atoms with van der Waals surface area (Å²) >= 11 is 6.45. The summed E-state index contributed by atoms with van der Waals surface area (Å²) < 4.78 is 5.06. The molecule has 0 unspecified atom stereocenters. The fraction of sp³-hybridized carbons (Fsp3) is 0.625. The summed E-state index contributed by atoms with van der Waals surface area (Å²) in [7, 11) is 1.72. The number of rotatable bonds is 6. The van der Waals surface area contributed by atoms with Crippen molar-refractivity contribution in [2.45, 2.75) is 26.3 Å². The van der Waals surface area contributed by atoms with Gasteiger partial charge in [0.1, 0.15) is 0 Å². The summed E-state index contributed by atoms with van der Waals surface area (Å²) in [6.07, 6.45) is 2.50. The lowest BCUT2D eigenvalue weighted by Gasteiger charge is -2.34. The molecule has 0 bridgehead atoms. The molecule has 1 heterocycles. The van der Waals surface area contributed by atoms with Gasteiger partial charge in [0.05, 0.1) is 17.3 Å². The van der Waals surface area contributed by atoms with Crippen LogP contribution in [0.25, 0.3) is 0 Å². The van der Waals surface area contributed by atoms with E-state index in [1.807, 2.05) is 12.1 Å². The van der Waals surface area contributed by atoms with Crippen molar-refractivity contribution in [3.63, 3.8) is 0 Å². The van der Waals surface area contributed by atoms with Crippen LogP contribution in [0.15, 0.2) is 18.2 Å². The Morgan fingerprint density at radius 2 is 2.10 bits per heavy atom. The van der Waals surface area contributed by atoms with Crippen LogP contribution < -0.4 is 10.2 Å². The molecule has 112 valence electrons. The Morgan fingerprint density at radius 1 is 1.35 bits per heavy atom. The number of anilines is 1. The molecule has 2 rings (SSSR count). The highest BCUT2D eigenvalue weighted by atomic mass is 35.5. The summed E-state index contributed by atoms with van der Waals surface area (Å²) in [4.78, 5) is 2.44. The van der Waals surface area contributed by atoms with E-state index in [1.54, 1.807) is 7.11 Å². The minimum Gasteiger partial charge on any atom is -0.383 e. The van der Waals surface area contributed by atoms with Crippen LogP contribution in [0.1, 0.15) is 25.3 Å². The third-order valence-electron chi connectivity index (χ3n) is 3.97. The van der Waals surface area contributed by atoms with Crippen LogP contribution in [0, 0.1) is 5.92 Å². The summed E-state index contributed by atoms with van der Waals surface area (Å²) in [6, 6.07) is 6.19. The van der Waals surface area contributed by atoms with Gasteiger partial charge in [0, 0.05) is 33.3 Å². The van der Waals surface area contributed by atoms with Gasteiger partial charge in [-0.2, -0.15) is 0 Å². The quantitative estimate of drug-likeness (QED) is 0.815. The SMILES string of the molecule is COCCNCc1cccc(Cl)c1N1CCC(C)CC1. The minimum atomic E-state index is 0.733. The fourth-order valence-corrected chi connectivity index (χ4v) is 3.00. The maximum Gasteiger partial charge on any atom is 0.0642 e. The van der Waals surface area contributed by atoms with Crippen molar-refractivity contribution >= 4 is 17.3 Å². The van der Waals surface area contributed by atoms with Gasteiger partial charge in [-0.15, -0.1) is 0 Å².